The molecule has 0 amide bonds. The van der Waals surface area contributed by atoms with Gasteiger partial charge < -0.3 is 5.11 Å². The first kappa shape index (κ1) is 23.7. The summed E-state index contributed by atoms with van der Waals surface area (Å²) in [6.45, 7) is 2.27. The summed E-state index contributed by atoms with van der Waals surface area (Å²) in [6.07, 6.45) is 20.2. The Hall–Kier alpha value is 0.392. The van der Waals surface area contributed by atoms with Gasteiger partial charge in [0.25, 0.3) is 0 Å². The van der Waals surface area contributed by atoms with Crippen molar-refractivity contribution < 1.29 is 9.90 Å². The van der Waals surface area contributed by atoms with Crippen LogP contribution in [0.4, 0.5) is 0 Å². The second-order valence-electron chi connectivity index (χ2n) is 6.09. The van der Waals surface area contributed by atoms with Gasteiger partial charge >= 0.3 is 5.97 Å². The van der Waals surface area contributed by atoms with Gasteiger partial charge in [0.05, 0.1) is 0 Å². The van der Waals surface area contributed by atoms with Crippen LogP contribution >= 0.6 is 0 Å². The fraction of sp³-hybridized carbons (Fsp3) is 0.944. The van der Waals surface area contributed by atoms with E-state index in [9.17, 15) is 4.79 Å². The molecule has 0 aromatic rings. The minimum absolute atomic E-state index is 0. The number of rotatable bonds is 16. The zero-order valence-electron chi connectivity index (χ0n) is 14.2. The van der Waals surface area contributed by atoms with Crippen molar-refractivity contribution in [3.8, 4) is 0 Å². The fourth-order valence-corrected chi connectivity index (χ4v) is 2.65. The summed E-state index contributed by atoms with van der Waals surface area (Å²) in [5, 5.41) is 8.52. The molecule has 0 atom stereocenters. The third-order valence-electron chi connectivity index (χ3n) is 3.99. The molecule has 21 heavy (non-hydrogen) atoms. The Morgan fingerprint density at radius 3 is 1.19 bits per heavy atom. The molecule has 123 valence electrons. The molecule has 3 heteroatoms. The van der Waals surface area contributed by atoms with Crippen molar-refractivity contribution in [1.29, 1.82) is 0 Å². The molecular formula is C18H36O2Tl. The number of carboxylic acids is 1. The van der Waals surface area contributed by atoms with E-state index in [1.165, 1.54) is 83.5 Å². The number of hydrogen-bond acceptors (Lipinski definition) is 1. The maximum Gasteiger partial charge on any atom is 0.303 e. The number of carbonyl (C=O) groups is 1. The summed E-state index contributed by atoms with van der Waals surface area (Å²) in [5.41, 5.74) is 0. The smallest absolute Gasteiger partial charge is 0.303 e. The SMILES string of the molecule is CCCCCCCCCCCCCCCCCC(=O)O.[Tl]. The predicted molar refractivity (Wildman–Crippen MR) is 92.9 cm³/mol. The summed E-state index contributed by atoms with van der Waals surface area (Å²) in [7, 11) is 0. The summed E-state index contributed by atoms with van der Waals surface area (Å²) < 4.78 is 0. The molecule has 2 nitrogen and oxygen atoms in total. The van der Waals surface area contributed by atoms with Gasteiger partial charge in [-0.15, -0.1) is 0 Å². The maximum absolute atomic E-state index is 10.3. The van der Waals surface area contributed by atoms with Crippen LogP contribution in [-0.4, -0.2) is 38.4 Å². The number of carboxylic acid groups (broad SMARTS) is 1. The van der Waals surface area contributed by atoms with E-state index >= 15 is 0 Å². The molecule has 0 aliphatic heterocycles. The van der Waals surface area contributed by atoms with Crippen molar-refractivity contribution in [3.63, 3.8) is 0 Å². The van der Waals surface area contributed by atoms with Crippen LogP contribution in [0.1, 0.15) is 110 Å². The molecule has 0 bridgehead atoms. The number of aliphatic carboxylic acids is 1. The van der Waals surface area contributed by atoms with E-state index < -0.39 is 5.97 Å². The zero-order valence-corrected chi connectivity index (χ0v) is 18.7. The molecule has 0 saturated heterocycles. The molecular weight excluding hydrogens is 453 g/mol. The molecule has 0 fully saturated rings. The molecule has 0 saturated carbocycles. The Kier molecular flexibility index (Phi) is 23.0. The van der Waals surface area contributed by atoms with Gasteiger partial charge in [0, 0.05) is 33.7 Å². The van der Waals surface area contributed by atoms with E-state index in [2.05, 4.69) is 6.92 Å². The average Bonchev–Trinajstić information content (AvgIpc) is 2.43. The Morgan fingerprint density at radius 1 is 0.619 bits per heavy atom. The van der Waals surface area contributed by atoms with Crippen molar-refractivity contribution in [2.45, 2.75) is 110 Å². The molecule has 1 N–H and O–H groups in total. The molecule has 0 spiro atoms. The third-order valence-corrected chi connectivity index (χ3v) is 3.99. The summed E-state index contributed by atoms with van der Waals surface area (Å²) in [6, 6.07) is 0. The Morgan fingerprint density at radius 2 is 0.905 bits per heavy atom. The predicted octanol–water partition coefficient (Wildman–Crippen LogP) is 5.95. The van der Waals surface area contributed by atoms with E-state index in [1.807, 2.05) is 0 Å². The monoisotopic (exact) mass is 489 g/mol. The van der Waals surface area contributed by atoms with Crippen molar-refractivity contribution in [2.24, 2.45) is 0 Å². The Labute approximate surface area is 152 Å². The van der Waals surface area contributed by atoms with Crippen LogP contribution in [0.2, 0.25) is 0 Å². The van der Waals surface area contributed by atoms with Crippen LogP contribution in [0.25, 0.3) is 0 Å². The summed E-state index contributed by atoms with van der Waals surface area (Å²) >= 11 is 0. The standard InChI is InChI=1S/C18H36O2.Tl/c1-2-3-4-5-6-7-8-9-10-11-12-13-14-15-16-17-18(19)20;/h2-17H2,1H3,(H,19,20);. The van der Waals surface area contributed by atoms with Gasteiger partial charge in [-0.2, -0.15) is 0 Å². The van der Waals surface area contributed by atoms with Gasteiger partial charge in [0.2, 0.25) is 0 Å². The second-order valence-corrected chi connectivity index (χ2v) is 6.09. The first-order valence-corrected chi connectivity index (χ1v) is 8.99. The molecule has 0 aliphatic rings. The average molecular weight is 489 g/mol. The quantitative estimate of drug-likeness (QED) is 0.215. The minimum atomic E-state index is -0.653. The molecule has 0 rings (SSSR count). The van der Waals surface area contributed by atoms with E-state index in [0.29, 0.717) is 6.42 Å². The summed E-state index contributed by atoms with van der Waals surface area (Å²) in [5.74, 6) is -0.653. The van der Waals surface area contributed by atoms with E-state index in [1.54, 1.807) is 0 Å². The van der Waals surface area contributed by atoms with E-state index in [-0.39, 0.29) is 27.3 Å². The van der Waals surface area contributed by atoms with Crippen LogP contribution in [0.15, 0.2) is 0 Å². The van der Waals surface area contributed by atoms with Crippen LogP contribution in [0, 0.1) is 0 Å². The second kappa shape index (κ2) is 20.4. The summed E-state index contributed by atoms with van der Waals surface area (Å²) in [4.78, 5) is 10.3. The van der Waals surface area contributed by atoms with E-state index in [4.69, 9.17) is 5.11 Å². The number of hydrogen-bond donors (Lipinski definition) is 1. The van der Waals surface area contributed by atoms with Crippen molar-refractivity contribution >= 4 is 33.3 Å². The molecule has 0 aromatic heterocycles. The normalized spacial score (nSPS) is 10.3. The van der Waals surface area contributed by atoms with Gasteiger partial charge in [0.1, 0.15) is 0 Å². The van der Waals surface area contributed by atoms with Gasteiger partial charge in [-0.25, -0.2) is 0 Å². The maximum atomic E-state index is 10.3. The first-order chi connectivity index (χ1) is 9.77. The van der Waals surface area contributed by atoms with Crippen molar-refractivity contribution in [3.05, 3.63) is 0 Å². The number of unbranched alkanes of at least 4 members (excludes halogenated alkanes) is 14. The Bertz CT molecular complexity index is 207. The molecule has 0 aromatic carbocycles. The van der Waals surface area contributed by atoms with Crippen LogP contribution in [-0.2, 0) is 4.79 Å². The fourth-order valence-electron chi connectivity index (χ4n) is 2.65. The van der Waals surface area contributed by atoms with Gasteiger partial charge in [-0.1, -0.05) is 96.8 Å². The molecule has 0 aliphatic carbocycles. The molecule has 0 heterocycles. The minimum Gasteiger partial charge on any atom is -0.481 e. The van der Waals surface area contributed by atoms with Gasteiger partial charge in [-0.3, -0.25) is 4.79 Å². The molecule has 1 radical (unpaired) electrons. The molecule has 0 unspecified atom stereocenters. The van der Waals surface area contributed by atoms with Gasteiger partial charge in [-0.05, 0) is 6.42 Å². The van der Waals surface area contributed by atoms with Crippen molar-refractivity contribution in [2.75, 3.05) is 0 Å². The third kappa shape index (κ3) is 22.8. The Balaban J connectivity index is 0. The topological polar surface area (TPSA) is 37.3 Å². The largest absolute Gasteiger partial charge is 0.481 e. The zero-order chi connectivity index (χ0) is 14.9. The first-order valence-electron chi connectivity index (χ1n) is 8.99. The van der Waals surface area contributed by atoms with Gasteiger partial charge in [0.15, 0.2) is 0 Å². The van der Waals surface area contributed by atoms with Crippen LogP contribution < -0.4 is 0 Å². The van der Waals surface area contributed by atoms with Crippen LogP contribution in [0.3, 0.4) is 0 Å². The van der Waals surface area contributed by atoms with Crippen LogP contribution in [0.5, 0.6) is 0 Å². The van der Waals surface area contributed by atoms with E-state index in [0.717, 1.165) is 12.8 Å². The van der Waals surface area contributed by atoms with Crippen molar-refractivity contribution in [1.82, 2.24) is 0 Å².